The molecular weight excluding hydrogens is 454 g/mol. The first-order valence-corrected chi connectivity index (χ1v) is 13.7. The van der Waals surface area contributed by atoms with Crippen LogP contribution in [-0.4, -0.2) is 55.4 Å². The molecule has 9 heteroatoms. The lowest BCUT2D eigenvalue weighted by molar-refractivity contribution is -0.128. The van der Waals surface area contributed by atoms with Crippen LogP contribution in [0.4, 0.5) is 5.13 Å². The Morgan fingerprint density at radius 2 is 2.03 bits per heavy atom. The third-order valence-corrected chi connectivity index (χ3v) is 11.3. The number of anilines is 1. The summed E-state index contributed by atoms with van der Waals surface area (Å²) in [6, 6.07) is 5.67. The van der Waals surface area contributed by atoms with Gasteiger partial charge in [0, 0.05) is 43.0 Å². The van der Waals surface area contributed by atoms with Gasteiger partial charge in [-0.2, -0.15) is 0 Å². The van der Waals surface area contributed by atoms with Crippen LogP contribution < -0.4 is 4.90 Å². The van der Waals surface area contributed by atoms with Crippen molar-refractivity contribution >= 4 is 54.1 Å². The van der Waals surface area contributed by atoms with E-state index in [1.807, 2.05) is 18.2 Å². The minimum Gasteiger partial charge on any atom is -0.347 e. The molecule has 0 spiro atoms. The van der Waals surface area contributed by atoms with Gasteiger partial charge < -0.3 is 4.90 Å². The van der Waals surface area contributed by atoms with Gasteiger partial charge in [-0.05, 0) is 48.8 Å². The second kappa shape index (κ2) is 7.40. The Hall–Kier alpha value is -1.22. The lowest BCUT2D eigenvalue weighted by Crippen LogP contribution is -2.47. The molecule has 2 saturated carbocycles. The van der Waals surface area contributed by atoms with E-state index >= 15 is 0 Å². The van der Waals surface area contributed by atoms with E-state index in [1.54, 1.807) is 15.6 Å². The van der Waals surface area contributed by atoms with E-state index in [-0.39, 0.29) is 17.0 Å². The molecule has 1 saturated heterocycles. The number of hydrogen-bond acceptors (Lipinski definition) is 6. The Morgan fingerprint density at radius 3 is 2.74 bits per heavy atom. The lowest BCUT2D eigenvalue weighted by Gasteiger charge is -2.37. The molecule has 2 aromatic rings. The average Bonchev–Trinajstić information content (AvgIpc) is 3.15. The summed E-state index contributed by atoms with van der Waals surface area (Å²) in [4.78, 5) is 19.7. The normalized spacial score (nSPS) is 29.1. The van der Waals surface area contributed by atoms with Crippen LogP contribution in [0.2, 0.25) is 5.02 Å². The molecule has 1 aliphatic heterocycles. The van der Waals surface area contributed by atoms with Crippen LogP contribution in [0.5, 0.6) is 0 Å². The number of halogens is 1. The molecule has 2 aliphatic carbocycles. The maximum absolute atomic E-state index is 13.5. The molecule has 0 radical (unpaired) electrons. The molecule has 0 amide bonds. The maximum Gasteiger partial charge on any atom is 0.215 e. The molecule has 1 aromatic carbocycles. The Morgan fingerprint density at radius 1 is 1.23 bits per heavy atom. The summed E-state index contributed by atoms with van der Waals surface area (Å²) in [5.41, 5.74) is -0.0403. The first-order chi connectivity index (χ1) is 14.6. The van der Waals surface area contributed by atoms with Crippen LogP contribution >= 0.6 is 22.9 Å². The Bertz CT molecular complexity index is 1150. The van der Waals surface area contributed by atoms with Crippen LogP contribution in [0.25, 0.3) is 10.2 Å². The number of nitrogens with zero attached hydrogens (tertiary/aromatic N) is 3. The highest BCUT2D eigenvalue weighted by atomic mass is 35.5. The Balaban J connectivity index is 1.33. The molecule has 3 aliphatic rings. The number of Topliss-reactive ketones (excluding diaryl/α,β-unsaturated/α-hetero) is 1. The van der Waals surface area contributed by atoms with Gasteiger partial charge in [-0.25, -0.2) is 17.7 Å². The number of benzene rings is 1. The van der Waals surface area contributed by atoms with E-state index in [0.717, 1.165) is 34.7 Å². The van der Waals surface area contributed by atoms with Crippen LogP contribution in [0.15, 0.2) is 18.2 Å². The largest absolute Gasteiger partial charge is 0.347 e. The smallest absolute Gasteiger partial charge is 0.215 e. The zero-order valence-corrected chi connectivity index (χ0v) is 20.3. The van der Waals surface area contributed by atoms with Crippen molar-refractivity contribution < 1.29 is 13.2 Å². The molecule has 2 atom stereocenters. The molecule has 2 heterocycles. The van der Waals surface area contributed by atoms with Crippen molar-refractivity contribution in [1.82, 2.24) is 9.29 Å². The van der Waals surface area contributed by atoms with E-state index < -0.39 is 15.4 Å². The number of carbonyl (C=O) groups is 1. The third-order valence-electron chi connectivity index (χ3n) is 8.03. The second-order valence-electron chi connectivity index (χ2n) is 9.77. The molecule has 31 heavy (non-hydrogen) atoms. The number of ketones is 1. The molecule has 6 nitrogen and oxygen atoms in total. The van der Waals surface area contributed by atoms with Gasteiger partial charge in [0.1, 0.15) is 5.78 Å². The van der Waals surface area contributed by atoms with E-state index in [9.17, 15) is 13.2 Å². The van der Waals surface area contributed by atoms with Crippen molar-refractivity contribution in [3.05, 3.63) is 23.2 Å². The molecule has 1 aromatic heterocycles. The van der Waals surface area contributed by atoms with E-state index in [2.05, 4.69) is 18.7 Å². The van der Waals surface area contributed by atoms with Gasteiger partial charge in [0.2, 0.25) is 10.0 Å². The van der Waals surface area contributed by atoms with E-state index in [1.165, 1.54) is 0 Å². The van der Waals surface area contributed by atoms with Crippen LogP contribution in [-0.2, 0) is 14.8 Å². The predicted molar refractivity (Wildman–Crippen MR) is 125 cm³/mol. The van der Waals surface area contributed by atoms with E-state index in [0.29, 0.717) is 43.4 Å². The molecule has 2 unspecified atom stereocenters. The summed E-state index contributed by atoms with van der Waals surface area (Å²) in [6.45, 7) is 6.46. The number of thiazole rings is 1. The molecule has 2 bridgehead atoms. The zero-order chi connectivity index (χ0) is 22.0. The fourth-order valence-corrected chi connectivity index (χ4v) is 9.44. The first-order valence-electron chi connectivity index (χ1n) is 10.9. The minimum atomic E-state index is -3.52. The van der Waals surface area contributed by atoms with Gasteiger partial charge in [-0.3, -0.25) is 4.79 Å². The summed E-state index contributed by atoms with van der Waals surface area (Å²) in [5.74, 6) is 0.436. The van der Waals surface area contributed by atoms with Crippen LogP contribution in [0, 0.1) is 16.7 Å². The highest BCUT2D eigenvalue weighted by Gasteiger charge is 2.65. The van der Waals surface area contributed by atoms with Gasteiger partial charge in [-0.1, -0.05) is 36.8 Å². The second-order valence-corrected chi connectivity index (χ2v) is 13.2. The molecule has 0 N–H and O–H groups in total. The third kappa shape index (κ3) is 3.41. The van der Waals surface area contributed by atoms with Crippen molar-refractivity contribution in [1.29, 1.82) is 0 Å². The topological polar surface area (TPSA) is 70.6 Å². The quantitative estimate of drug-likeness (QED) is 0.654. The highest BCUT2D eigenvalue weighted by molar-refractivity contribution is 7.89. The van der Waals surface area contributed by atoms with Crippen molar-refractivity contribution in [2.45, 2.75) is 39.5 Å². The molecule has 5 rings (SSSR count). The molecule has 3 fully saturated rings. The van der Waals surface area contributed by atoms with Crippen LogP contribution in [0.1, 0.15) is 39.5 Å². The van der Waals surface area contributed by atoms with Crippen molar-refractivity contribution in [3.8, 4) is 0 Å². The lowest BCUT2D eigenvalue weighted by atomic mass is 9.70. The van der Waals surface area contributed by atoms with Crippen molar-refractivity contribution in [2.24, 2.45) is 16.7 Å². The predicted octanol–water partition coefficient (Wildman–Crippen LogP) is 4.19. The standard InChI is InChI=1S/C22H28ClN3O3S2/c1-21(2)15-6-7-22(21,19(27)12-15)14-31(28,29)26-9-3-8-25(10-11-26)20-24-17-5-4-16(23)13-18(17)30-20/h4-5,13,15H,3,6-12,14H2,1-2H3. The van der Waals surface area contributed by atoms with Crippen molar-refractivity contribution in [3.63, 3.8) is 0 Å². The number of carbonyl (C=O) groups excluding carboxylic acids is 1. The van der Waals surface area contributed by atoms with E-state index in [4.69, 9.17) is 16.6 Å². The fraction of sp³-hybridized carbons (Fsp3) is 0.636. The van der Waals surface area contributed by atoms with Gasteiger partial charge >= 0.3 is 0 Å². The average molecular weight is 482 g/mol. The SMILES string of the molecule is CC1(C)C2CCC1(CS(=O)(=O)N1CCCN(c3nc4ccc(Cl)cc4s3)CC1)C(=O)C2. The summed E-state index contributed by atoms with van der Waals surface area (Å²) in [7, 11) is -3.52. The summed E-state index contributed by atoms with van der Waals surface area (Å²) in [6.07, 6.45) is 2.95. The summed E-state index contributed by atoms with van der Waals surface area (Å²) >= 11 is 7.69. The zero-order valence-electron chi connectivity index (χ0n) is 17.9. The molecule has 168 valence electrons. The summed E-state index contributed by atoms with van der Waals surface area (Å²) in [5, 5.41) is 1.59. The number of hydrogen-bond donors (Lipinski definition) is 0. The van der Waals surface area contributed by atoms with Gasteiger partial charge in [-0.15, -0.1) is 0 Å². The van der Waals surface area contributed by atoms with Crippen molar-refractivity contribution in [2.75, 3.05) is 36.8 Å². The maximum atomic E-state index is 13.5. The molecular formula is C22H28ClN3O3S2. The highest BCUT2D eigenvalue weighted by Crippen LogP contribution is 2.64. The summed E-state index contributed by atoms with van der Waals surface area (Å²) < 4.78 is 29.6. The van der Waals surface area contributed by atoms with Gasteiger partial charge in [0.25, 0.3) is 0 Å². The first kappa shape index (κ1) is 21.6. The van der Waals surface area contributed by atoms with Gasteiger partial charge in [0.05, 0.1) is 16.0 Å². The van der Waals surface area contributed by atoms with Gasteiger partial charge in [0.15, 0.2) is 5.13 Å². The number of rotatable bonds is 4. The van der Waals surface area contributed by atoms with Crippen LogP contribution in [0.3, 0.4) is 0 Å². The number of aromatic nitrogens is 1. The Kier molecular flexibility index (Phi) is 5.16. The number of sulfonamides is 1. The fourth-order valence-electron chi connectivity index (χ4n) is 5.90. The monoisotopic (exact) mass is 481 g/mol. The Labute approximate surface area is 192 Å². The number of fused-ring (bicyclic) bond motifs is 3. The minimum absolute atomic E-state index is 0.0397.